The maximum Gasteiger partial charge on any atom is 0.161 e. The summed E-state index contributed by atoms with van der Waals surface area (Å²) in [7, 11) is 0. The molecule has 1 aromatic carbocycles. The Morgan fingerprint density at radius 2 is 2.18 bits per heavy atom. The van der Waals surface area contributed by atoms with Gasteiger partial charge >= 0.3 is 0 Å². The Morgan fingerprint density at radius 1 is 1.41 bits per heavy atom. The van der Waals surface area contributed by atoms with Crippen molar-refractivity contribution >= 4 is 17.4 Å². The van der Waals surface area contributed by atoms with Crippen molar-refractivity contribution in [3.8, 4) is 0 Å². The third kappa shape index (κ3) is 2.74. The zero-order valence-corrected chi connectivity index (χ0v) is 10.0. The quantitative estimate of drug-likeness (QED) is 0.765. The summed E-state index contributed by atoms with van der Waals surface area (Å²) in [6.45, 7) is 2.09. The Morgan fingerprint density at radius 3 is 2.76 bits per heavy atom. The molecule has 0 amide bonds. The highest BCUT2D eigenvalue weighted by molar-refractivity contribution is 6.30. The normalized spacial score (nSPS) is 10.5. The van der Waals surface area contributed by atoms with E-state index in [2.05, 4.69) is 0 Å². The van der Waals surface area contributed by atoms with Crippen LogP contribution in [0.2, 0.25) is 5.02 Å². The lowest BCUT2D eigenvalue weighted by Crippen LogP contribution is -1.97. The molecule has 88 valence electrons. The first-order valence-corrected chi connectivity index (χ1v) is 5.54. The molecule has 0 unspecified atom stereocenters. The molecular weight excluding hydrogens is 241 g/mol. The molecule has 1 aromatic heterocycles. The Balaban J connectivity index is 2.19. The smallest absolute Gasteiger partial charge is 0.161 e. The molecule has 0 spiro atoms. The second-order valence-electron chi connectivity index (χ2n) is 3.88. The number of carbonyl (C=O) groups is 1. The Bertz CT molecular complexity index is 562. The van der Waals surface area contributed by atoms with Crippen LogP contribution in [0.15, 0.2) is 36.7 Å². The highest BCUT2D eigenvalue weighted by Gasteiger charge is 2.04. The molecule has 17 heavy (non-hydrogen) atoms. The number of rotatable bonds is 3. The minimum Gasteiger partial charge on any atom is -0.349 e. The molecule has 0 aliphatic carbocycles. The van der Waals surface area contributed by atoms with Gasteiger partial charge in [-0.25, -0.2) is 4.39 Å². The lowest BCUT2D eigenvalue weighted by molar-refractivity contribution is 0.101. The zero-order valence-electron chi connectivity index (χ0n) is 9.28. The fraction of sp³-hybridized carbons (Fsp3) is 0.154. The molecule has 4 heteroatoms. The number of nitrogens with zero attached hydrogens (tertiary/aromatic N) is 1. The number of aromatic nitrogens is 1. The number of halogens is 2. The standard InChI is InChI=1S/C13H11ClFNO/c1-9(17)11-4-5-16(8-11)7-10-2-3-13(15)12(14)6-10/h2-6,8H,7H2,1H3. The van der Waals surface area contributed by atoms with Gasteiger partial charge in [0.15, 0.2) is 5.78 Å². The van der Waals surface area contributed by atoms with Gasteiger partial charge in [0.25, 0.3) is 0 Å². The molecule has 0 N–H and O–H groups in total. The summed E-state index contributed by atoms with van der Waals surface area (Å²) in [6.07, 6.45) is 3.58. The first-order valence-electron chi connectivity index (χ1n) is 5.17. The summed E-state index contributed by atoms with van der Waals surface area (Å²) < 4.78 is 14.8. The van der Waals surface area contributed by atoms with Gasteiger partial charge in [0.1, 0.15) is 5.82 Å². The van der Waals surface area contributed by atoms with Gasteiger partial charge in [-0.2, -0.15) is 0 Å². The Labute approximate surface area is 104 Å². The van der Waals surface area contributed by atoms with Crippen LogP contribution in [0.5, 0.6) is 0 Å². The number of hydrogen-bond donors (Lipinski definition) is 0. The first-order chi connectivity index (χ1) is 8.06. The van der Waals surface area contributed by atoms with Gasteiger partial charge in [-0.05, 0) is 30.7 Å². The highest BCUT2D eigenvalue weighted by Crippen LogP contribution is 2.17. The summed E-state index contributed by atoms with van der Waals surface area (Å²) in [5.41, 5.74) is 1.56. The maximum absolute atomic E-state index is 13.0. The lowest BCUT2D eigenvalue weighted by atomic mass is 10.2. The monoisotopic (exact) mass is 251 g/mol. The number of ketones is 1. The molecular formula is C13H11ClFNO. The summed E-state index contributed by atoms with van der Waals surface area (Å²) in [5.74, 6) is -0.395. The number of benzene rings is 1. The summed E-state index contributed by atoms with van der Waals surface area (Å²) >= 11 is 5.70. The second kappa shape index (κ2) is 4.72. The molecule has 0 bridgehead atoms. The largest absolute Gasteiger partial charge is 0.349 e. The number of hydrogen-bond acceptors (Lipinski definition) is 1. The predicted octanol–water partition coefficient (Wildman–Crippen LogP) is 3.53. The van der Waals surface area contributed by atoms with Gasteiger partial charge in [-0.3, -0.25) is 4.79 Å². The van der Waals surface area contributed by atoms with E-state index in [1.807, 2.05) is 10.8 Å². The van der Waals surface area contributed by atoms with Crippen molar-refractivity contribution in [2.24, 2.45) is 0 Å². The number of carbonyl (C=O) groups excluding carboxylic acids is 1. The zero-order chi connectivity index (χ0) is 12.4. The van der Waals surface area contributed by atoms with Crippen LogP contribution < -0.4 is 0 Å². The molecule has 0 saturated carbocycles. The van der Waals surface area contributed by atoms with E-state index >= 15 is 0 Å². The molecule has 2 aromatic rings. The SMILES string of the molecule is CC(=O)c1ccn(Cc2ccc(F)c(Cl)c2)c1. The van der Waals surface area contributed by atoms with E-state index < -0.39 is 5.82 Å². The summed E-state index contributed by atoms with van der Waals surface area (Å²) in [5, 5.41) is 0.112. The second-order valence-corrected chi connectivity index (χ2v) is 4.28. The van der Waals surface area contributed by atoms with Gasteiger partial charge in [0, 0.05) is 24.5 Å². The van der Waals surface area contributed by atoms with E-state index in [4.69, 9.17) is 11.6 Å². The van der Waals surface area contributed by atoms with Crippen molar-refractivity contribution in [1.29, 1.82) is 0 Å². The lowest BCUT2D eigenvalue weighted by Gasteiger charge is -2.04. The molecule has 2 rings (SSSR count). The Kier molecular flexibility index (Phi) is 3.29. The molecule has 0 radical (unpaired) electrons. The summed E-state index contributed by atoms with van der Waals surface area (Å²) in [6, 6.07) is 6.36. The Hall–Kier alpha value is -1.61. The molecule has 2 nitrogen and oxygen atoms in total. The third-order valence-electron chi connectivity index (χ3n) is 2.51. The van der Waals surface area contributed by atoms with E-state index in [0.29, 0.717) is 12.1 Å². The van der Waals surface area contributed by atoms with E-state index in [9.17, 15) is 9.18 Å². The third-order valence-corrected chi connectivity index (χ3v) is 2.80. The highest BCUT2D eigenvalue weighted by atomic mass is 35.5. The van der Waals surface area contributed by atoms with Crippen LogP contribution in [0.25, 0.3) is 0 Å². The van der Waals surface area contributed by atoms with Crippen molar-refractivity contribution in [3.63, 3.8) is 0 Å². The van der Waals surface area contributed by atoms with Crippen LogP contribution in [0.3, 0.4) is 0 Å². The fourth-order valence-corrected chi connectivity index (χ4v) is 1.80. The van der Waals surface area contributed by atoms with Gasteiger partial charge in [0.2, 0.25) is 0 Å². The molecule has 0 atom stereocenters. The van der Waals surface area contributed by atoms with Gasteiger partial charge in [0.05, 0.1) is 5.02 Å². The minimum atomic E-state index is -0.424. The summed E-state index contributed by atoms with van der Waals surface area (Å²) in [4.78, 5) is 11.1. The van der Waals surface area contributed by atoms with E-state index in [-0.39, 0.29) is 10.8 Å². The van der Waals surface area contributed by atoms with Crippen molar-refractivity contribution < 1.29 is 9.18 Å². The van der Waals surface area contributed by atoms with Crippen molar-refractivity contribution in [3.05, 3.63) is 58.6 Å². The average molecular weight is 252 g/mol. The van der Waals surface area contributed by atoms with Crippen molar-refractivity contribution in [1.82, 2.24) is 4.57 Å². The molecule has 1 heterocycles. The van der Waals surface area contributed by atoms with Gasteiger partial charge in [-0.1, -0.05) is 17.7 Å². The molecule has 0 fully saturated rings. The first kappa shape index (κ1) is 11.9. The molecule has 0 saturated heterocycles. The van der Waals surface area contributed by atoms with Crippen molar-refractivity contribution in [2.75, 3.05) is 0 Å². The average Bonchev–Trinajstić information content (AvgIpc) is 2.72. The van der Waals surface area contributed by atoms with Crippen LogP contribution in [-0.4, -0.2) is 10.4 Å². The molecule has 0 aliphatic heterocycles. The topological polar surface area (TPSA) is 22.0 Å². The minimum absolute atomic E-state index is 0.0286. The van der Waals surface area contributed by atoms with E-state index in [1.54, 1.807) is 24.4 Å². The maximum atomic E-state index is 13.0. The van der Waals surface area contributed by atoms with Crippen LogP contribution in [0.4, 0.5) is 4.39 Å². The van der Waals surface area contributed by atoms with Crippen LogP contribution in [0, 0.1) is 5.82 Å². The van der Waals surface area contributed by atoms with Crippen LogP contribution >= 0.6 is 11.6 Å². The van der Waals surface area contributed by atoms with Crippen LogP contribution in [-0.2, 0) is 6.54 Å². The van der Waals surface area contributed by atoms with E-state index in [1.165, 1.54) is 13.0 Å². The number of Topliss-reactive ketones (excluding diaryl/α,β-unsaturated/α-hetero) is 1. The van der Waals surface area contributed by atoms with Gasteiger partial charge < -0.3 is 4.57 Å². The van der Waals surface area contributed by atoms with Gasteiger partial charge in [-0.15, -0.1) is 0 Å². The van der Waals surface area contributed by atoms with Crippen molar-refractivity contribution in [2.45, 2.75) is 13.5 Å². The van der Waals surface area contributed by atoms with E-state index in [0.717, 1.165) is 5.56 Å². The molecule has 0 aliphatic rings. The van der Waals surface area contributed by atoms with Crippen LogP contribution in [0.1, 0.15) is 22.8 Å². The fourth-order valence-electron chi connectivity index (χ4n) is 1.60. The predicted molar refractivity (Wildman–Crippen MR) is 64.9 cm³/mol.